The second-order valence-corrected chi connectivity index (χ2v) is 15.9. The van der Waals surface area contributed by atoms with E-state index in [9.17, 15) is 24.6 Å². The third-order valence-electron chi connectivity index (χ3n) is 11.7. The van der Waals surface area contributed by atoms with Gasteiger partial charge in [0.15, 0.2) is 5.78 Å². The van der Waals surface area contributed by atoms with E-state index >= 15 is 0 Å². The van der Waals surface area contributed by atoms with Gasteiger partial charge in [-0.05, 0) is 67.5 Å². The van der Waals surface area contributed by atoms with E-state index in [1.807, 2.05) is 19.1 Å². The molecule has 1 aromatic rings. The molecule has 0 unspecified atom stereocenters. The molecule has 7 nitrogen and oxygen atoms in total. The lowest BCUT2D eigenvalue weighted by molar-refractivity contribution is -0.185. The predicted molar refractivity (Wildman–Crippen MR) is 184 cm³/mol. The van der Waals surface area contributed by atoms with E-state index in [0.29, 0.717) is 23.1 Å². The SMILES string of the molecule is CCCCCCCCC/C=C/C(=O)O[C@@]12C[C@@H](C)[C@@]3(O)[C@@H](C=C(COC(=O)c4ccc(Br)cc4)C[C@]4(O)C(=O)C(C)=C[C@@H]34)[C@@H]1C2(C)C. The second-order valence-electron chi connectivity index (χ2n) is 15.0. The number of fused-ring (bicyclic) bond motifs is 5. The number of ketones is 1. The van der Waals surface area contributed by atoms with Crippen molar-refractivity contribution in [1.29, 1.82) is 0 Å². The van der Waals surface area contributed by atoms with Gasteiger partial charge in [0.05, 0.1) is 11.2 Å². The zero-order valence-electron chi connectivity index (χ0n) is 28.5. The molecule has 2 fully saturated rings. The molecular weight excluding hydrogens is 660 g/mol. The summed E-state index contributed by atoms with van der Waals surface area (Å²) in [6, 6.07) is 6.83. The summed E-state index contributed by atoms with van der Waals surface area (Å²) in [7, 11) is 0. The third kappa shape index (κ3) is 6.47. The van der Waals surface area contributed by atoms with Crippen LogP contribution in [0.1, 0.15) is 109 Å². The van der Waals surface area contributed by atoms with Gasteiger partial charge in [-0.15, -0.1) is 0 Å². The largest absolute Gasteiger partial charge is 0.458 e. The fourth-order valence-corrected chi connectivity index (χ4v) is 9.29. The van der Waals surface area contributed by atoms with Crippen molar-refractivity contribution in [2.75, 3.05) is 6.61 Å². The van der Waals surface area contributed by atoms with Gasteiger partial charge in [0, 0.05) is 40.1 Å². The normalized spacial score (nSPS) is 33.7. The lowest BCUT2D eigenvalue weighted by atomic mass is 9.60. The minimum absolute atomic E-state index is 0.0647. The van der Waals surface area contributed by atoms with Crippen molar-refractivity contribution in [3.05, 3.63) is 69.8 Å². The number of carbonyl (C=O) groups excluding carboxylic acids is 3. The van der Waals surface area contributed by atoms with Crippen molar-refractivity contribution < 1.29 is 34.1 Å². The third-order valence-corrected chi connectivity index (χ3v) is 12.2. The van der Waals surface area contributed by atoms with Crippen LogP contribution in [0.5, 0.6) is 0 Å². The van der Waals surface area contributed by atoms with Crippen molar-refractivity contribution in [1.82, 2.24) is 0 Å². The van der Waals surface area contributed by atoms with Crippen LogP contribution in [0.4, 0.5) is 0 Å². The van der Waals surface area contributed by atoms with Crippen LogP contribution < -0.4 is 0 Å². The van der Waals surface area contributed by atoms with Gasteiger partial charge in [-0.1, -0.05) is 100 Å². The number of hydrogen-bond donors (Lipinski definition) is 2. The summed E-state index contributed by atoms with van der Waals surface area (Å²) in [4.78, 5) is 39.6. The zero-order valence-corrected chi connectivity index (χ0v) is 30.1. The summed E-state index contributed by atoms with van der Waals surface area (Å²) in [5.41, 5.74) is -3.29. The molecule has 256 valence electrons. The molecule has 2 N–H and O–H groups in total. The highest BCUT2D eigenvalue weighted by molar-refractivity contribution is 9.10. The Hall–Kier alpha value is -2.55. The average Bonchev–Trinajstić information content (AvgIpc) is 3.43. The van der Waals surface area contributed by atoms with E-state index in [2.05, 4.69) is 36.7 Å². The second kappa shape index (κ2) is 13.8. The maximum atomic E-state index is 13.5. The summed E-state index contributed by atoms with van der Waals surface area (Å²) in [6.45, 7) is 9.79. The van der Waals surface area contributed by atoms with Crippen LogP contribution >= 0.6 is 15.9 Å². The van der Waals surface area contributed by atoms with Crippen LogP contribution in [-0.4, -0.2) is 51.3 Å². The van der Waals surface area contributed by atoms with E-state index in [0.717, 1.165) is 23.7 Å². The number of carbonyl (C=O) groups is 3. The van der Waals surface area contributed by atoms with Gasteiger partial charge in [0.1, 0.15) is 17.8 Å². The molecule has 5 rings (SSSR count). The molecule has 7 atom stereocenters. The first-order valence-electron chi connectivity index (χ1n) is 17.4. The molecule has 0 spiro atoms. The van der Waals surface area contributed by atoms with E-state index in [1.54, 1.807) is 43.3 Å². The number of ether oxygens (including phenoxy) is 2. The topological polar surface area (TPSA) is 110 Å². The zero-order chi connectivity index (χ0) is 34.2. The Kier molecular flexibility index (Phi) is 10.5. The first-order valence-corrected chi connectivity index (χ1v) is 18.2. The molecule has 0 amide bonds. The van der Waals surface area contributed by atoms with Gasteiger partial charge < -0.3 is 19.7 Å². The molecule has 1 aromatic carbocycles. The lowest BCUT2D eigenvalue weighted by Crippen LogP contribution is -2.61. The monoisotopic (exact) mass is 710 g/mol. The molecule has 0 bridgehead atoms. The van der Waals surface area contributed by atoms with Crippen molar-refractivity contribution in [3.8, 4) is 0 Å². The first-order chi connectivity index (χ1) is 22.2. The summed E-state index contributed by atoms with van der Waals surface area (Å²) >= 11 is 3.37. The molecule has 0 aromatic heterocycles. The van der Waals surface area contributed by atoms with E-state index in [4.69, 9.17) is 9.47 Å². The van der Waals surface area contributed by atoms with E-state index < -0.39 is 51.7 Å². The molecule has 4 aliphatic rings. The Morgan fingerprint density at radius 2 is 1.68 bits per heavy atom. The van der Waals surface area contributed by atoms with Gasteiger partial charge in [-0.3, -0.25) is 4.79 Å². The van der Waals surface area contributed by atoms with Gasteiger partial charge in [-0.2, -0.15) is 0 Å². The fraction of sp³-hybridized carbons (Fsp3) is 0.615. The highest BCUT2D eigenvalue weighted by Crippen LogP contribution is 2.76. The molecule has 8 heteroatoms. The Bertz CT molecular complexity index is 1460. The van der Waals surface area contributed by atoms with Crippen LogP contribution in [-0.2, 0) is 19.1 Å². The minimum atomic E-state index is -1.87. The number of halogens is 1. The number of rotatable bonds is 13. The molecule has 4 aliphatic carbocycles. The highest BCUT2D eigenvalue weighted by Gasteiger charge is 2.83. The van der Waals surface area contributed by atoms with Crippen molar-refractivity contribution in [3.63, 3.8) is 0 Å². The summed E-state index contributed by atoms with van der Waals surface area (Å²) in [6.07, 6.45) is 16.7. The Morgan fingerprint density at radius 3 is 2.36 bits per heavy atom. The van der Waals surface area contributed by atoms with Crippen LogP contribution in [0.15, 0.2) is 64.2 Å². The average molecular weight is 712 g/mol. The number of Topliss-reactive ketones (excluding diaryl/α,β-unsaturated/α-hetero) is 1. The van der Waals surface area contributed by atoms with Gasteiger partial charge in [-0.25, -0.2) is 9.59 Å². The van der Waals surface area contributed by atoms with Crippen molar-refractivity contribution in [2.24, 2.45) is 29.1 Å². The van der Waals surface area contributed by atoms with Crippen LogP contribution in [0.3, 0.4) is 0 Å². The van der Waals surface area contributed by atoms with E-state index in [-0.39, 0.29) is 24.9 Å². The molecule has 2 saturated carbocycles. The predicted octanol–water partition coefficient (Wildman–Crippen LogP) is 7.83. The highest BCUT2D eigenvalue weighted by atomic mass is 79.9. The summed E-state index contributed by atoms with van der Waals surface area (Å²) in [5, 5.41) is 24.8. The quantitative estimate of drug-likeness (QED) is 0.0929. The standard InChI is InChI=1S/C39H51BrO7/c1-6-7-8-9-10-11-12-13-14-15-32(41)47-38-22-26(3)39(45)30(33(38)36(38,4)5)21-27(23-37(44)31(39)20-25(2)34(37)42)24-46-35(43)28-16-18-29(40)19-17-28/h14-21,26,30-31,33,44-45H,6-13,22-24H2,1-5H3/b15-14+/t26-,30+,31-,33-,37-,38+,39-/m1/s1. The number of aliphatic hydroxyl groups is 2. The van der Waals surface area contributed by atoms with Crippen LogP contribution in [0.2, 0.25) is 0 Å². The van der Waals surface area contributed by atoms with Crippen molar-refractivity contribution in [2.45, 2.75) is 116 Å². The van der Waals surface area contributed by atoms with Gasteiger partial charge in [0.2, 0.25) is 0 Å². The van der Waals surface area contributed by atoms with Gasteiger partial charge >= 0.3 is 11.9 Å². The van der Waals surface area contributed by atoms with Crippen LogP contribution in [0, 0.1) is 29.1 Å². The maximum absolute atomic E-state index is 13.5. The number of benzene rings is 1. The Morgan fingerprint density at radius 1 is 1.02 bits per heavy atom. The Labute approximate surface area is 288 Å². The van der Waals surface area contributed by atoms with Crippen LogP contribution in [0.25, 0.3) is 0 Å². The molecular formula is C39H51BrO7. The summed E-state index contributed by atoms with van der Waals surface area (Å²) < 4.78 is 12.9. The fourth-order valence-electron chi connectivity index (χ4n) is 9.03. The minimum Gasteiger partial charge on any atom is -0.458 e. The molecule has 0 saturated heterocycles. The summed E-state index contributed by atoms with van der Waals surface area (Å²) in [5.74, 6) is -3.41. The molecule has 0 heterocycles. The Balaban J connectivity index is 1.36. The number of allylic oxidation sites excluding steroid dienone is 1. The number of hydrogen-bond acceptors (Lipinski definition) is 7. The molecule has 0 radical (unpaired) electrons. The molecule has 47 heavy (non-hydrogen) atoms. The first kappa shape index (κ1) is 35.7. The molecule has 0 aliphatic heterocycles. The smallest absolute Gasteiger partial charge is 0.338 e. The van der Waals surface area contributed by atoms with Crippen molar-refractivity contribution >= 4 is 33.7 Å². The maximum Gasteiger partial charge on any atom is 0.338 e. The number of esters is 2. The number of unbranched alkanes of at least 4 members (excludes halogenated alkanes) is 7. The lowest BCUT2D eigenvalue weighted by Gasteiger charge is -2.50. The van der Waals surface area contributed by atoms with Gasteiger partial charge in [0.25, 0.3) is 0 Å². The van der Waals surface area contributed by atoms with E-state index in [1.165, 1.54) is 32.1 Å².